The third-order valence-electron chi connectivity index (χ3n) is 2.70. The van der Waals surface area contributed by atoms with Crippen molar-refractivity contribution in [2.24, 2.45) is 5.41 Å². The number of anilines is 1. The molecule has 18 heavy (non-hydrogen) atoms. The lowest BCUT2D eigenvalue weighted by Gasteiger charge is -2.23. The molecule has 2 rings (SSSR count). The number of hydrogen-bond donors (Lipinski definition) is 2. The predicted octanol–water partition coefficient (Wildman–Crippen LogP) is 2.27. The first kappa shape index (κ1) is 12.7. The molecule has 1 aliphatic rings. The Morgan fingerprint density at radius 3 is 2.94 bits per heavy atom. The van der Waals surface area contributed by atoms with Gasteiger partial charge < -0.3 is 15.4 Å². The van der Waals surface area contributed by atoms with Gasteiger partial charge in [-0.2, -0.15) is 0 Å². The van der Waals surface area contributed by atoms with Gasteiger partial charge in [0.15, 0.2) is 5.75 Å². The zero-order valence-corrected chi connectivity index (χ0v) is 11.2. The molecule has 98 valence electrons. The maximum atomic E-state index is 12.1. The Kier molecular flexibility index (Phi) is 3.45. The van der Waals surface area contributed by atoms with Crippen molar-refractivity contribution in [2.45, 2.75) is 20.8 Å². The molecule has 0 aromatic heterocycles. The van der Waals surface area contributed by atoms with E-state index >= 15 is 0 Å². The van der Waals surface area contributed by atoms with E-state index in [1.165, 1.54) is 0 Å². The summed E-state index contributed by atoms with van der Waals surface area (Å²) in [6.45, 7) is 8.28. The number of carbonyl (C=O) groups excluding carboxylic acids is 1. The summed E-state index contributed by atoms with van der Waals surface area (Å²) in [5.41, 5.74) is 1.57. The number of amides is 1. The molecule has 1 amide bonds. The number of rotatable bonds is 2. The summed E-state index contributed by atoms with van der Waals surface area (Å²) in [7, 11) is 0. The zero-order chi connectivity index (χ0) is 13.2. The van der Waals surface area contributed by atoms with Crippen molar-refractivity contribution in [1.29, 1.82) is 0 Å². The van der Waals surface area contributed by atoms with Crippen molar-refractivity contribution in [3.63, 3.8) is 0 Å². The van der Waals surface area contributed by atoms with Crippen molar-refractivity contribution in [2.75, 3.05) is 25.0 Å². The van der Waals surface area contributed by atoms with Crippen LogP contribution >= 0.6 is 0 Å². The number of carbonyl (C=O) groups is 1. The van der Waals surface area contributed by atoms with Gasteiger partial charge in [-0.25, -0.2) is 0 Å². The van der Waals surface area contributed by atoms with Crippen LogP contribution in [0.4, 0.5) is 5.69 Å². The van der Waals surface area contributed by atoms with Crippen LogP contribution in [0.2, 0.25) is 0 Å². The number of benzene rings is 1. The first-order valence-electron chi connectivity index (χ1n) is 6.25. The first-order chi connectivity index (χ1) is 8.47. The summed E-state index contributed by atoms with van der Waals surface area (Å²) < 4.78 is 5.58. The third-order valence-corrected chi connectivity index (χ3v) is 2.70. The second-order valence-electron chi connectivity index (χ2n) is 5.70. The molecule has 0 unspecified atom stereocenters. The van der Waals surface area contributed by atoms with Gasteiger partial charge in [-0.1, -0.05) is 26.8 Å². The highest BCUT2D eigenvalue weighted by atomic mass is 16.5. The van der Waals surface area contributed by atoms with Gasteiger partial charge in [0.25, 0.3) is 5.91 Å². The fraction of sp³-hybridized carbons (Fsp3) is 0.500. The molecule has 0 spiro atoms. The number of fused-ring (bicyclic) bond motifs is 1. The molecule has 2 N–H and O–H groups in total. The topological polar surface area (TPSA) is 50.4 Å². The van der Waals surface area contributed by atoms with E-state index in [0.717, 1.165) is 12.2 Å². The van der Waals surface area contributed by atoms with Gasteiger partial charge in [-0.3, -0.25) is 4.79 Å². The van der Waals surface area contributed by atoms with E-state index in [2.05, 4.69) is 31.4 Å². The summed E-state index contributed by atoms with van der Waals surface area (Å²) in [5, 5.41) is 6.17. The number of hydrogen-bond acceptors (Lipinski definition) is 3. The predicted molar refractivity (Wildman–Crippen MR) is 72.2 cm³/mol. The molecule has 1 aliphatic heterocycles. The van der Waals surface area contributed by atoms with E-state index in [1.807, 2.05) is 12.1 Å². The van der Waals surface area contributed by atoms with E-state index in [0.29, 0.717) is 24.5 Å². The molecule has 0 saturated heterocycles. The Morgan fingerprint density at radius 2 is 2.22 bits per heavy atom. The lowest BCUT2D eigenvalue weighted by molar-refractivity contribution is 0.0935. The molecule has 1 aromatic rings. The summed E-state index contributed by atoms with van der Waals surface area (Å²) in [5.74, 6) is 0.584. The summed E-state index contributed by atoms with van der Waals surface area (Å²) in [6, 6.07) is 5.59. The smallest absolute Gasteiger partial charge is 0.255 e. The van der Waals surface area contributed by atoms with Crippen molar-refractivity contribution >= 4 is 11.6 Å². The van der Waals surface area contributed by atoms with Crippen LogP contribution in [-0.4, -0.2) is 25.6 Å². The highest BCUT2D eigenvalue weighted by Crippen LogP contribution is 2.31. The fourth-order valence-electron chi connectivity index (χ4n) is 1.79. The molecule has 0 fully saturated rings. The Labute approximate surface area is 108 Å². The quantitative estimate of drug-likeness (QED) is 0.844. The fourth-order valence-corrected chi connectivity index (χ4v) is 1.79. The lowest BCUT2D eigenvalue weighted by atomic mass is 9.97. The number of para-hydroxylation sites is 1. The van der Waals surface area contributed by atoms with Crippen molar-refractivity contribution in [3.8, 4) is 5.75 Å². The normalized spacial score (nSPS) is 14.2. The van der Waals surface area contributed by atoms with Crippen molar-refractivity contribution in [3.05, 3.63) is 23.8 Å². The van der Waals surface area contributed by atoms with E-state index in [9.17, 15) is 4.79 Å². The minimum Gasteiger partial charge on any atom is -0.489 e. The minimum absolute atomic E-state index is 0.0730. The molecule has 0 aliphatic carbocycles. The van der Waals surface area contributed by atoms with Gasteiger partial charge in [0.2, 0.25) is 0 Å². The Bertz CT molecular complexity index is 450. The average Bonchev–Trinajstić information content (AvgIpc) is 2.34. The van der Waals surface area contributed by atoms with Crippen molar-refractivity contribution < 1.29 is 9.53 Å². The van der Waals surface area contributed by atoms with Gasteiger partial charge in [0.05, 0.1) is 11.3 Å². The van der Waals surface area contributed by atoms with Gasteiger partial charge >= 0.3 is 0 Å². The molecule has 1 aromatic carbocycles. The Hall–Kier alpha value is -1.71. The Balaban J connectivity index is 2.15. The molecule has 0 bridgehead atoms. The molecule has 0 radical (unpaired) electrons. The molecule has 0 atom stereocenters. The van der Waals surface area contributed by atoms with Crippen molar-refractivity contribution in [1.82, 2.24) is 5.32 Å². The van der Waals surface area contributed by atoms with Crippen LogP contribution in [-0.2, 0) is 0 Å². The van der Waals surface area contributed by atoms with Crippen LogP contribution in [0.25, 0.3) is 0 Å². The summed E-state index contributed by atoms with van der Waals surface area (Å²) in [6.07, 6.45) is 0. The standard InChI is InChI=1S/C14H20N2O2/c1-14(2,3)9-16-13(17)10-5-4-6-11-12(10)18-8-7-15-11/h4-6,15H,7-9H2,1-3H3,(H,16,17). The number of ether oxygens (including phenoxy) is 1. The van der Waals surface area contributed by atoms with Gasteiger partial charge in [0, 0.05) is 13.1 Å². The Morgan fingerprint density at radius 1 is 1.44 bits per heavy atom. The van der Waals surface area contributed by atoms with Crippen LogP contribution < -0.4 is 15.4 Å². The molecule has 0 saturated carbocycles. The summed E-state index contributed by atoms with van der Waals surface area (Å²) >= 11 is 0. The third kappa shape index (κ3) is 2.94. The highest BCUT2D eigenvalue weighted by molar-refractivity contribution is 5.99. The SMILES string of the molecule is CC(C)(C)CNC(=O)c1cccc2c1OCCN2. The first-order valence-corrected chi connectivity index (χ1v) is 6.25. The van der Waals surface area contributed by atoms with E-state index in [-0.39, 0.29) is 11.3 Å². The van der Waals surface area contributed by atoms with Crippen LogP contribution in [0.5, 0.6) is 5.75 Å². The molecule has 1 heterocycles. The molecule has 4 heteroatoms. The second-order valence-corrected chi connectivity index (χ2v) is 5.70. The maximum Gasteiger partial charge on any atom is 0.255 e. The monoisotopic (exact) mass is 248 g/mol. The minimum atomic E-state index is -0.0783. The van der Waals surface area contributed by atoms with Gasteiger partial charge in [0.1, 0.15) is 6.61 Å². The van der Waals surface area contributed by atoms with Crippen LogP contribution in [0, 0.1) is 5.41 Å². The van der Waals surface area contributed by atoms with Crippen LogP contribution in [0.1, 0.15) is 31.1 Å². The zero-order valence-electron chi connectivity index (χ0n) is 11.2. The molecular weight excluding hydrogens is 228 g/mol. The second kappa shape index (κ2) is 4.88. The van der Waals surface area contributed by atoms with Gasteiger partial charge in [-0.05, 0) is 17.5 Å². The van der Waals surface area contributed by atoms with Gasteiger partial charge in [-0.15, -0.1) is 0 Å². The molecular formula is C14H20N2O2. The van der Waals surface area contributed by atoms with E-state index < -0.39 is 0 Å². The average molecular weight is 248 g/mol. The lowest BCUT2D eigenvalue weighted by Crippen LogP contribution is -2.33. The van der Waals surface area contributed by atoms with E-state index in [1.54, 1.807) is 6.07 Å². The summed E-state index contributed by atoms with van der Waals surface area (Å²) in [4.78, 5) is 12.1. The van der Waals surface area contributed by atoms with Crippen LogP contribution in [0.15, 0.2) is 18.2 Å². The molecule has 4 nitrogen and oxygen atoms in total. The van der Waals surface area contributed by atoms with Crippen LogP contribution in [0.3, 0.4) is 0 Å². The largest absolute Gasteiger partial charge is 0.489 e. The maximum absolute atomic E-state index is 12.1. The van der Waals surface area contributed by atoms with E-state index in [4.69, 9.17) is 4.74 Å². The number of nitrogens with one attached hydrogen (secondary N) is 2. The highest BCUT2D eigenvalue weighted by Gasteiger charge is 2.20.